The second-order valence-corrected chi connectivity index (χ2v) is 7.35. The Hall–Kier alpha value is -2.18. The number of thioether (sulfide) groups is 1. The molecule has 3 aromatic rings. The van der Waals surface area contributed by atoms with Gasteiger partial charge in [-0.15, -0.1) is 23.1 Å². The van der Waals surface area contributed by atoms with Gasteiger partial charge in [-0.3, -0.25) is 0 Å². The topological polar surface area (TPSA) is 39.2 Å². The van der Waals surface area contributed by atoms with E-state index in [-0.39, 0.29) is 18.4 Å². The molecule has 1 heterocycles. The molecule has 128 valence electrons. The minimum atomic E-state index is -0.383. The Balaban J connectivity index is 1.57. The maximum absolute atomic E-state index is 13.5. The minimum absolute atomic E-state index is 0.218. The van der Waals surface area contributed by atoms with Crippen molar-refractivity contribution >= 4 is 29.1 Å². The molecule has 0 fully saturated rings. The third kappa shape index (κ3) is 4.46. The van der Waals surface area contributed by atoms with Crippen LogP contribution in [-0.2, 0) is 4.74 Å². The van der Waals surface area contributed by atoms with E-state index in [9.17, 15) is 9.18 Å². The molecule has 25 heavy (non-hydrogen) atoms. The number of carbonyl (C=O) groups is 1. The summed E-state index contributed by atoms with van der Waals surface area (Å²) in [6.07, 6.45) is 0. The van der Waals surface area contributed by atoms with Crippen LogP contribution in [0.1, 0.15) is 15.4 Å². The van der Waals surface area contributed by atoms with Gasteiger partial charge in [0.15, 0.2) is 0 Å². The van der Waals surface area contributed by atoms with Crippen molar-refractivity contribution in [2.75, 3.05) is 12.4 Å². The number of benzene rings is 2. The molecule has 0 N–H and O–H groups in total. The fourth-order valence-electron chi connectivity index (χ4n) is 2.20. The van der Waals surface area contributed by atoms with E-state index in [0.29, 0.717) is 21.2 Å². The number of aromatic nitrogens is 1. The van der Waals surface area contributed by atoms with Gasteiger partial charge in [0, 0.05) is 16.2 Å². The summed E-state index contributed by atoms with van der Waals surface area (Å²) in [7, 11) is 0. The molecular weight excluding hydrogens is 357 g/mol. The lowest BCUT2D eigenvalue weighted by molar-refractivity contribution is 0.0535. The third-order valence-electron chi connectivity index (χ3n) is 3.41. The molecule has 0 unspecified atom stereocenters. The lowest BCUT2D eigenvalue weighted by Crippen LogP contribution is -2.07. The van der Waals surface area contributed by atoms with E-state index in [1.807, 2.05) is 30.3 Å². The number of nitrogens with zero attached hydrogens (tertiary/aromatic N) is 1. The first-order chi connectivity index (χ1) is 12.1. The maximum atomic E-state index is 13.5. The van der Waals surface area contributed by atoms with Crippen LogP contribution in [-0.4, -0.2) is 23.3 Å². The Morgan fingerprint density at radius 3 is 2.64 bits per heavy atom. The smallest absolute Gasteiger partial charge is 0.350 e. The van der Waals surface area contributed by atoms with E-state index in [1.54, 1.807) is 25.1 Å². The molecule has 0 saturated carbocycles. The molecule has 0 atom stereocenters. The van der Waals surface area contributed by atoms with Crippen molar-refractivity contribution in [3.8, 4) is 10.6 Å². The first kappa shape index (κ1) is 17.6. The van der Waals surface area contributed by atoms with Gasteiger partial charge in [-0.2, -0.15) is 0 Å². The molecule has 3 rings (SSSR count). The van der Waals surface area contributed by atoms with Gasteiger partial charge in [-0.05, 0) is 19.1 Å². The number of thiazole rings is 1. The zero-order valence-corrected chi connectivity index (χ0v) is 15.2. The molecule has 0 bridgehead atoms. The molecule has 0 amide bonds. The van der Waals surface area contributed by atoms with Crippen LogP contribution >= 0.6 is 23.1 Å². The van der Waals surface area contributed by atoms with Crippen molar-refractivity contribution in [1.82, 2.24) is 4.98 Å². The largest absolute Gasteiger partial charge is 0.461 e. The van der Waals surface area contributed by atoms with Crippen LogP contribution in [0, 0.1) is 12.7 Å². The van der Waals surface area contributed by atoms with E-state index in [0.717, 1.165) is 10.6 Å². The summed E-state index contributed by atoms with van der Waals surface area (Å²) in [5.74, 6) is -0.147. The summed E-state index contributed by atoms with van der Waals surface area (Å²) in [6.45, 7) is 2.02. The van der Waals surface area contributed by atoms with Crippen LogP contribution in [0.4, 0.5) is 4.39 Å². The fourth-order valence-corrected chi connectivity index (χ4v) is 3.94. The van der Waals surface area contributed by atoms with Crippen molar-refractivity contribution in [2.45, 2.75) is 11.8 Å². The van der Waals surface area contributed by atoms with E-state index < -0.39 is 0 Å². The zero-order valence-electron chi connectivity index (χ0n) is 13.6. The highest BCUT2D eigenvalue weighted by atomic mass is 32.2. The van der Waals surface area contributed by atoms with Gasteiger partial charge in [-0.25, -0.2) is 14.2 Å². The summed E-state index contributed by atoms with van der Waals surface area (Å²) >= 11 is 2.65. The molecule has 0 radical (unpaired) electrons. The van der Waals surface area contributed by atoms with Crippen molar-refractivity contribution in [2.24, 2.45) is 0 Å². The first-order valence-electron chi connectivity index (χ1n) is 7.72. The van der Waals surface area contributed by atoms with Crippen LogP contribution in [0.3, 0.4) is 0 Å². The normalized spacial score (nSPS) is 10.6. The molecule has 2 aromatic carbocycles. The van der Waals surface area contributed by atoms with Crippen molar-refractivity contribution in [3.05, 3.63) is 71.0 Å². The number of ether oxygens (including phenoxy) is 1. The molecule has 3 nitrogen and oxygen atoms in total. The lowest BCUT2D eigenvalue weighted by atomic mass is 10.2. The SMILES string of the molecule is Cc1nc(-c2ccccc2)sc1C(=O)OCCSc1ccccc1F. The zero-order chi connectivity index (χ0) is 17.6. The standard InChI is InChI=1S/C19H16FNO2S2/c1-13-17(25-18(21-13)14-7-3-2-4-8-14)19(22)23-11-12-24-16-10-6-5-9-15(16)20/h2-10H,11-12H2,1H3. The highest BCUT2D eigenvalue weighted by Gasteiger charge is 2.17. The average Bonchev–Trinajstić information content (AvgIpc) is 3.02. The number of halogens is 1. The van der Waals surface area contributed by atoms with Crippen LogP contribution in [0.5, 0.6) is 0 Å². The lowest BCUT2D eigenvalue weighted by Gasteiger charge is -2.04. The highest BCUT2D eigenvalue weighted by molar-refractivity contribution is 7.99. The molecular formula is C19H16FNO2S2. The predicted molar refractivity (Wildman–Crippen MR) is 99.7 cm³/mol. The molecule has 1 aromatic heterocycles. The number of rotatable bonds is 6. The first-order valence-corrected chi connectivity index (χ1v) is 9.52. The van der Waals surface area contributed by atoms with Gasteiger partial charge in [-0.1, -0.05) is 42.5 Å². The number of aryl methyl sites for hydroxylation is 1. The summed E-state index contributed by atoms with van der Waals surface area (Å²) in [4.78, 5) is 17.8. The van der Waals surface area contributed by atoms with Crippen molar-refractivity contribution in [3.63, 3.8) is 0 Å². The number of hydrogen-bond acceptors (Lipinski definition) is 5. The van der Waals surface area contributed by atoms with E-state index in [4.69, 9.17) is 4.74 Å². The molecule has 0 aliphatic carbocycles. The monoisotopic (exact) mass is 373 g/mol. The summed E-state index contributed by atoms with van der Waals surface area (Å²) < 4.78 is 18.8. The number of carbonyl (C=O) groups excluding carboxylic acids is 1. The maximum Gasteiger partial charge on any atom is 0.350 e. The van der Waals surface area contributed by atoms with Crippen LogP contribution in [0.2, 0.25) is 0 Å². The van der Waals surface area contributed by atoms with Gasteiger partial charge in [0.05, 0.1) is 5.69 Å². The second kappa shape index (κ2) is 8.27. The summed E-state index contributed by atoms with van der Waals surface area (Å²) in [5.41, 5.74) is 1.64. The van der Waals surface area contributed by atoms with Gasteiger partial charge >= 0.3 is 5.97 Å². The van der Waals surface area contributed by atoms with Gasteiger partial charge in [0.1, 0.15) is 22.3 Å². The Bertz CT molecular complexity index is 865. The minimum Gasteiger partial charge on any atom is -0.461 e. The second-order valence-electron chi connectivity index (χ2n) is 5.21. The molecule has 0 aliphatic heterocycles. The Morgan fingerprint density at radius 1 is 1.16 bits per heavy atom. The fraction of sp³-hybridized carbons (Fsp3) is 0.158. The summed E-state index contributed by atoms with van der Waals surface area (Å²) in [5, 5.41) is 0.797. The van der Waals surface area contributed by atoms with Crippen LogP contribution < -0.4 is 0 Å². The molecule has 0 spiro atoms. The molecule has 0 aliphatic rings. The van der Waals surface area contributed by atoms with Crippen molar-refractivity contribution < 1.29 is 13.9 Å². The Labute approximate surface area is 153 Å². The van der Waals surface area contributed by atoms with Gasteiger partial charge < -0.3 is 4.74 Å². The van der Waals surface area contributed by atoms with Gasteiger partial charge in [0.2, 0.25) is 0 Å². The third-order valence-corrected chi connectivity index (χ3v) is 5.61. The number of hydrogen-bond donors (Lipinski definition) is 0. The Kier molecular flexibility index (Phi) is 5.83. The highest BCUT2D eigenvalue weighted by Crippen LogP contribution is 2.28. The Morgan fingerprint density at radius 2 is 1.88 bits per heavy atom. The number of esters is 1. The van der Waals surface area contributed by atoms with E-state index in [2.05, 4.69) is 4.98 Å². The van der Waals surface area contributed by atoms with Crippen LogP contribution in [0.15, 0.2) is 59.5 Å². The van der Waals surface area contributed by atoms with E-state index in [1.165, 1.54) is 29.2 Å². The summed E-state index contributed by atoms with van der Waals surface area (Å²) in [6, 6.07) is 16.3. The van der Waals surface area contributed by atoms with E-state index >= 15 is 0 Å². The predicted octanol–water partition coefficient (Wildman–Crippen LogP) is 5.21. The van der Waals surface area contributed by atoms with Crippen molar-refractivity contribution in [1.29, 1.82) is 0 Å². The molecule has 6 heteroatoms. The van der Waals surface area contributed by atoms with Crippen LogP contribution in [0.25, 0.3) is 10.6 Å². The molecule has 0 saturated heterocycles. The average molecular weight is 373 g/mol. The quantitative estimate of drug-likeness (QED) is 0.338. The van der Waals surface area contributed by atoms with Gasteiger partial charge in [0.25, 0.3) is 0 Å².